The zero-order chi connectivity index (χ0) is 15.4. The van der Waals surface area contributed by atoms with Gasteiger partial charge in [0.05, 0.1) is 0 Å². The van der Waals surface area contributed by atoms with Crippen molar-refractivity contribution in [2.75, 3.05) is 38.6 Å². The number of benzene rings is 1. The molecule has 0 bridgehead atoms. The lowest BCUT2D eigenvalue weighted by molar-refractivity contribution is 0.315. The Morgan fingerprint density at radius 1 is 1.29 bits per heavy atom. The maximum absolute atomic E-state index is 14.3. The summed E-state index contributed by atoms with van der Waals surface area (Å²) in [5.74, 6) is -0.912. The van der Waals surface area contributed by atoms with E-state index in [1.807, 2.05) is 19.0 Å². The first-order valence-electron chi connectivity index (χ1n) is 7.63. The van der Waals surface area contributed by atoms with E-state index in [0.29, 0.717) is 31.2 Å². The molecule has 21 heavy (non-hydrogen) atoms. The zero-order valence-corrected chi connectivity index (χ0v) is 13.1. The summed E-state index contributed by atoms with van der Waals surface area (Å²) >= 11 is 0. The molecule has 5 heteroatoms. The number of likely N-dealkylation sites (N-methyl/N-ethyl adjacent to an activating group) is 1. The van der Waals surface area contributed by atoms with Crippen molar-refractivity contribution >= 4 is 5.69 Å². The van der Waals surface area contributed by atoms with Crippen LogP contribution in [0.5, 0.6) is 0 Å². The minimum absolute atomic E-state index is 0.124. The average molecular weight is 297 g/mol. The smallest absolute Gasteiger partial charge is 0.149 e. The first kappa shape index (κ1) is 16.2. The first-order valence-corrected chi connectivity index (χ1v) is 7.63. The van der Waals surface area contributed by atoms with Crippen LogP contribution in [-0.2, 0) is 6.54 Å². The maximum Gasteiger partial charge on any atom is 0.149 e. The van der Waals surface area contributed by atoms with Gasteiger partial charge in [-0.05, 0) is 51.2 Å². The van der Waals surface area contributed by atoms with Crippen LogP contribution in [0.1, 0.15) is 25.3 Å². The van der Waals surface area contributed by atoms with Crippen LogP contribution in [-0.4, -0.2) is 44.7 Å². The highest BCUT2D eigenvalue weighted by atomic mass is 19.1. The fraction of sp³-hybridized carbons (Fsp3) is 0.625. The summed E-state index contributed by atoms with van der Waals surface area (Å²) in [6.07, 6.45) is 1.94. The Morgan fingerprint density at radius 2 is 1.95 bits per heavy atom. The molecule has 118 valence electrons. The van der Waals surface area contributed by atoms with Gasteiger partial charge in [-0.1, -0.05) is 6.92 Å². The van der Waals surface area contributed by atoms with Gasteiger partial charge in [-0.2, -0.15) is 0 Å². The zero-order valence-electron chi connectivity index (χ0n) is 13.1. The Balaban J connectivity index is 2.10. The van der Waals surface area contributed by atoms with Crippen LogP contribution in [0.2, 0.25) is 0 Å². The van der Waals surface area contributed by atoms with Gasteiger partial charge in [-0.25, -0.2) is 8.78 Å². The summed E-state index contributed by atoms with van der Waals surface area (Å²) < 4.78 is 28.6. The third kappa shape index (κ3) is 3.92. The monoisotopic (exact) mass is 297 g/mol. The SMILES string of the molecule is CCCNCc1cc(F)c(N2CCC(N(C)C)C2)c(F)c1. The van der Waals surface area contributed by atoms with E-state index in [-0.39, 0.29) is 5.69 Å². The molecule has 3 nitrogen and oxygen atoms in total. The van der Waals surface area contributed by atoms with Crippen molar-refractivity contribution < 1.29 is 8.78 Å². The quantitative estimate of drug-likeness (QED) is 0.814. The van der Waals surface area contributed by atoms with Gasteiger partial charge in [0.15, 0.2) is 0 Å². The summed E-state index contributed by atoms with van der Waals surface area (Å²) in [5, 5.41) is 3.16. The number of anilines is 1. The number of hydrogen-bond donors (Lipinski definition) is 1. The predicted octanol–water partition coefficient (Wildman–Crippen LogP) is 2.60. The average Bonchev–Trinajstić information content (AvgIpc) is 2.88. The van der Waals surface area contributed by atoms with E-state index >= 15 is 0 Å². The standard InChI is InChI=1S/C16H25F2N3/c1-4-6-19-10-12-8-14(17)16(15(18)9-12)21-7-5-13(11-21)20(2)3/h8-9,13,19H,4-7,10-11H2,1-3H3. The molecular formula is C16H25F2N3. The van der Waals surface area contributed by atoms with Crippen LogP contribution in [0.15, 0.2) is 12.1 Å². The molecule has 0 spiro atoms. The van der Waals surface area contributed by atoms with Crippen molar-refractivity contribution in [3.05, 3.63) is 29.3 Å². The van der Waals surface area contributed by atoms with Gasteiger partial charge in [0.1, 0.15) is 17.3 Å². The van der Waals surface area contributed by atoms with Crippen LogP contribution < -0.4 is 10.2 Å². The van der Waals surface area contributed by atoms with Crippen LogP contribution in [0.3, 0.4) is 0 Å². The molecule has 0 radical (unpaired) electrons. The van der Waals surface area contributed by atoms with Crippen LogP contribution in [0, 0.1) is 11.6 Å². The molecule has 1 unspecified atom stereocenters. The second-order valence-corrected chi connectivity index (χ2v) is 5.94. The molecule has 0 amide bonds. The van der Waals surface area contributed by atoms with Crippen molar-refractivity contribution in [2.45, 2.75) is 32.4 Å². The second-order valence-electron chi connectivity index (χ2n) is 5.94. The van der Waals surface area contributed by atoms with Gasteiger partial charge >= 0.3 is 0 Å². The van der Waals surface area contributed by atoms with Crippen molar-refractivity contribution in [3.63, 3.8) is 0 Å². The van der Waals surface area contributed by atoms with Crippen molar-refractivity contribution in [2.24, 2.45) is 0 Å². The summed E-state index contributed by atoms with van der Waals surface area (Å²) in [6.45, 7) is 4.79. The van der Waals surface area contributed by atoms with E-state index in [1.54, 1.807) is 0 Å². The molecule has 1 saturated heterocycles. The van der Waals surface area contributed by atoms with E-state index < -0.39 is 11.6 Å². The largest absolute Gasteiger partial charge is 0.365 e. The van der Waals surface area contributed by atoms with E-state index in [4.69, 9.17) is 0 Å². The number of hydrogen-bond acceptors (Lipinski definition) is 3. The van der Waals surface area contributed by atoms with Gasteiger partial charge in [0.2, 0.25) is 0 Å². The van der Waals surface area contributed by atoms with Gasteiger partial charge in [-0.15, -0.1) is 0 Å². The Labute approximate surface area is 125 Å². The van der Waals surface area contributed by atoms with E-state index in [9.17, 15) is 8.78 Å². The Bertz CT molecular complexity index is 454. The number of nitrogens with zero attached hydrogens (tertiary/aromatic N) is 2. The van der Waals surface area contributed by atoms with Gasteiger partial charge in [-0.3, -0.25) is 0 Å². The predicted molar refractivity (Wildman–Crippen MR) is 82.7 cm³/mol. The third-order valence-electron chi connectivity index (χ3n) is 4.04. The Kier molecular flexibility index (Phi) is 5.53. The molecule has 2 rings (SSSR count). The highest BCUT2D eigenvalue weighted by Gasteiger charge is 2.28. The first-order chi connectivity index (χ1) is 10.0. The molecule has 1 aliphatic rings. The maximum atomic E-state index is 14.3. The van der Waals surface area contributed by atoms with Crippen molar-refractivity contribution in [1.29, 1.82) is 0 Å². The fourth-order valence-electron chi connectivity index (χ4n) is 2.80. The lowest BCUT2D eigenvalue weighted by Gasteiger charge is -2.23. The molecule has 1 aliphatic heterocycles. The molecule has 0 aliphatic carbocycles. The summed E-state index contributed by atoms with van der Waals surface area (Å²) in [5.41, 5.74) is 0.782. The fourth-order valence-corrected chi connectivity index (χ4v) is 2.80. The molecule has 0 aromatic heterocycles. The highest BCUT2D eigenvalue weighted by molar-refractivity contribution is 5.51. The van der Waals surface area contributed by atoms with Crippen molar-refractivity contribution in [3.8, 4) is 0 Å². The number of rotatable bonds is 6. The summed E-state index contributed by atoms with van der Waals surface area (Å²) in [7, 11) is 4.01. The van der Waals surface area contributed by atoms with Crippen LogP contribution in [0.4, 0.5) is 14.5 Å². The number of nitrogens with one attached hydrogen (secondary N) is 1. The van der Waals surface area contributed by atoms with E-state index in [2.05, 4.69) is 17.1 Å². The van der Waals surface area contributed by atoms with E-state index in [0.717, 1.165) is 19.4 Å². The molecule has 1 N–H and O–H groups in total. The molecule has 0 saturated carbocycles. The second kappa shape index (κ2) is 7.18. The van der Waals surface area contributed by atoms with Crippen LogP contribution in [0.25, 0.3) is 0 Å². The third-order valence-corrected chi connectivity index (χ3v) is 4.04. The van der Waals surface area contributed by atoms with Crippen LogP contribution >= 0.6 is 0 Å². The molecule has 1 heterocycles. The minimum Gasteiger partial charge on any atom is -0.365 e. The topological polar surface area (TPSA) is 18.5 Å². The summed E-state index contributed by atoms with van der Waals surface area (Å²) in [4.78, 5) is 3.93. The minimum atomic E-state index is -0.456. The molecule has 1 aromatic carbocycles. The Morgan fingerprint density at radius 3 is 2.48 bits per heavy atom. The highest BCUT2D eigenvalue weighted by Crippen LogP contribution is 2.29. The number of halogens is 2. The van der Waals surface area contributed by atoms with Gasteiger partial charge < -0.3 is 15.1 Å². The van der Waals surface area contributed by atoms with Gasteiger partial charge in [0, 0.05) is 25.7 Å². The normalized spacial score (nSPS) is 18.8. The molecular weight excluding hydrogens is 272 g/mol. The molecule has 1 atom stereocenters. The molecule has 1 fully saturated rings. The lowest BCUT2D eigenvalue weighted by atomic mass is 10.1. The van der Waals surface area contributed by atoms with E-state index in [1.165, 1.54) is 12.1 Å². The molecule has 1 aromatic rings. The Hall–Kier alpha value is -1.20. The van der Waals surface area contributed by atoms with Crippen molar-refractivity contribution in [1.82, 2.24) is 10.2 Å². The van der Waals surface area contributed by atoms with Gasteiger partial charge in [0.25, 0.3) is 0 Å². The lowest BCUT2D eigenvalue weighted by Crippen LogP contribution is -2.32. The summed E-state index contributed by atoms with van der Waals surface area (Å²) in [6, 6.07) is 3.25.